The minimum Gasteiger partial charge on any atom is -0.494 e. The molecule has 1 aliphatic carbocycles. The van der Waals surface area contributed by atoms with Crippen molar-refractivity contribution < 1.29 is 9.53 Å². The highest BCUT2D eigenvalue weighted by Gasteiger charge is 2.30. The van der Waals surface area contributed by atoms with Crippen LogP contribution in [0.1, 0.15) is 61.3 Å². The molecular formula is C25H27N5O2. The Bertz CT molecular complexity index is 1360. The third-order valence-electron chi connectivity index (χ3n) is 5.91. The zero-order valence-corrected chi connectivity index (χ0v) is 19.1. The zero-order chi connectivity index (χ0) is 22.6. The average Bonchev–Trinajstić information content (AvgIpc) is 3.56. The van der Waals surface area contributed by atoms with E-state index in [1.807, 2.05) is 41.9 Å². The van der Waals surface area contributed by atoms with Gasteiger partial charge in [-0.15, -0.1) is 0 Å². The van der Waals surface area contributed by atoms with Crippen LogP contribution in [0.15, 0.2) is 36.5 Å². The number of hydrogen-bond acceptors (Lipinski definition) is 5. The normalized spacial score (nSPS) is 14.2. The molecule has 1 saturated carbocycles. The first kappa shape index (κ1) is 20.4. The van der Waals surface area contributed by atoms with Crippen molar-refractivity contribution in [3.05, 3.63) is 53.5 Å². The monoisotopic (exact) mass is 429 g/mol. The van der Waals surface area contributed by atoms with Crippen molar-refractivity contribution >= 4 is 33.5 Å². The fourth-order valence-corrected chi connectivity index (χ4v) is 4.15. The smallest absolute Gasteiger partial charge is 0.256 e. The molecule has 3 aromatic heterocycles. The Morgan fingerprint density at radius 1 is 1.22 bits per heavy atom. The number of carbonyl (C=O) groups excluding carboxylic acids is 1. The summed E-state index contributed by atoms with van der Waals surface area (Å²) in [7, 11) is 1.62. The number of aryl methyl sites for hydroxylation is 1. The number of pyridine rings is 2. The molecule has 0 aliphatic heterocycles. The second-order valence-corrected chi connectivity index (χ2v) is 9.40. The Hall–Kier alpha value is -3.48. The van der Waals surface area contributed by atoms with Gasteiger partial charge in [0.2, 0.25) is 0 Å². The number of fused-ring (bicyclic) bond motifs is 2. The van der Waals surface area contributed by atoms with Gasteiger partial charge in [0.15, 0.2) is 5.65 Å². The quantitative estimate of drug-likeness (QED) is 0.483. The number of methoxy groups -OCH3 is 1. The molecule has 1 aromatic carbocycles. The van der Waals surface area contributed by atoms with E-state index in [4.69, 9.17) is 14.8 Å². The van der Waals surface area contributed by atoms with Crippen LogP contribution in [0.3, 0.4) is 0 Å². The van der Waals surface area contributed by atoms with E-state index in [0.29, 0.717) is 28.4 Å². The third-order valence-corrected chi connectivity index (χ3v) is 5.91. The first-order valence-electron chi connectivity index (χ1n) is 10.9. The van der Waals surface area contributed by atoms with E-state index < -0.39 is 0 Å². The topological polar surface area (TPSA) is 81.9 Å². The van der Waals surface area contributed by atoms with Gasteiger partial charge in [0.1, 0.15) is 11.3 Å². The van der Waals surface area contributed by atoms with E-state index in [2.05, 4.69) is 31.1 Å². The summed E-state index contributed by atoms with van der Waals surface area (Å²) in [4.78, 5) is 23.0. The Balaban J connectivity index is 1.65. The number of nitrogens with one attached hydrogen (secondary N) is 1. The molecule has 7 heteroatoms. The molecular weight excluding hydrogens is 402 g/mol. The van der Waals surface area contributed by atoms with Crippen molar-refractivity contribution in [1.29, 1.82) is 0 Å². The lowest BCUT2D eigenvalue weighted by Gasteiger charge is -2.20. The molecule has 1 amide bonds. The third kappa shape index (κ3) is 3.38. The van der Waals surface area contributed by atoms with Crippen molar-refractivity contribution in [3.63, 3.8) is 0 Å². The number of anilines is 1. The highest BCUT2D eigenvalue weighted by molar-refractivity contribution is 6.15. The van der Waals surface area contributed by atoms with Gasteiger partial charge in [-0.2, -0.15) is 5.10 Å². The molecule has 32 heavy (non-hydrogen) atoms. The summed E-state index contributed by atoms with van der Waals surface area (Å²) in [6.07, 6.45) is 3.93. The van der Waals surface area contributed by atoms with Crippen molar-refractivity contribution in [2.75, 3.05) is 12.4 Å². The van der Waals surface area contributed by atoms with Crippen LogP contribution in [0.5, 0.6) is 5.75 Å². The van der Waals surface area contributed by atoms with E-state index in [1.54, 1.807) is 13.3 Å². The van der Waals surface area contributed by atoms with E-state index >= 15 is 0 Å². The molecule has 0 bridgehead atoms. The number of rotatable bonds is 4. The van der Waals surface area contributed by atoms with Crippen LogP contribution in [0.25, 0.3) is 21.9 Å². The predicted molar refractivity (Wildman–Crippen MR) is 125 cm³/mol. The number of ether oxygens (including phenoxy) is 1. The molecule has 1 aliphatic rings. The molecule has 0 saturated heterocycles. The minimum absolute atomic E-state index is 0.175. The summed E-state index contributed by atoms with van der Waals surface area (Å²) >= 11 is 0. The highest BCUT2D eigenvalue weighted by Crippen LogP contribution is 2.41. The number of nitrogens with zero attached hydrogens (tertiary/aromatic N) is 4. The van der Waals surface area contributed by atoms with Crippen LogP contribution < -0.4 is 10.1 Å². The van der Waals surface area contributed by atoms with E-state index in [1.165, 1.54) is 0 Å². The van der Waals surface area contributed by atoms with Crippen LogP contribution in [-0.4, -0.2) is 32.8 Å². The molecule has 0 atom stereocenters. The summed E-state index contributed by atoms with van der Waals surface area (Å²) < 4.78 is 7.37. The van der Waals surface area contributed by atoms with Gasteiger partial charge in [-0.25, -0.2) is 9.67 Å². The van der Waals surface area contributed by atoms with Gasteiger partial charge in [0.25, 0.3) is 5.91 Å². The van der Waals surface area contributed by atoms with Crippen LogP contribution >= 0.6 is 0 Å². The summed E-state index contributed by atoms with van der Waals surface area (Å²) in [5.74, 6) is 0.912. The molecule has 3 heterocycles. The number of amides is 1. The van der Waals surface area contributed by atoms with Gasteiger partial charge in [0, 0.05) is 23.2 Å². The number of benzene rings is 1. The van der Waals surface area contributed by atoms with Crippen molar-refractivity contribution in [1.82, 2.24) is 19.7 Å². The lowest BCUT2D eigenvalue weighted by atomic mass is 10.1. The SMILES string of the molecule is COc1ccc(NC(=O)c2cc(C3CC3)nc3c2c(C)nn3C(C)(C)C)c2cccnc12. The molecule has 164 valence electrons. The van der Waals surface area contributed by atoms with Crippen LogP contribution in [0, 0.1) is 6.92 Å². The second-order valence-electron chi connectivity index (χ2n) is 9.40. The summed E-state index contributed by atoms with van der Waals surface area (Å²) in [5, 5.41) is 9.49. The maximum absolute atomic E-state index is 13.6. The van der Waals surface area contributed by atoms with Crippen molar-refractivity contribution in [2.24, 2.45) is 0 Å². The summed E-state index contributed by atoms with van der Waals surface area (Å²) in [6.45, 7) is 8.23. The van der Waals surface area contributed by atoms with E-state index in [-0.39, 0.29) is 11.4 Å². The van der Waals surface area contributed by atoms with E-state index in [0.717, 1.165) is 40.6 Å². The van der Waals surface area contributed by atoms with Crippen LogP contribution in [0.2, 0.25) is 0 Å². The first-order chi connectivity index (χ1) is 15.3. The Labute approximate surface area is 186 Å². The van der Waals surface area contributed by atoms with Gasteiger partial charge < -0.3 is 10.1 Å². The van der Waals surface area contributed by atoms with Crippen LogP contribution in [0.4, 0.5) is 5.69 Å². The fraction of sp³-hybridized carbons (Fsp3) is 0.360. The van der Waals surface area contributed by atoms with Gasteiger partial charge in [-0.05, 0) is 70.9 Å². The number of carbonyl (C=O) groups is 1. The largest absolute Gasteiger partial charge is 0.494 e. The maximum atomic E-state index is 13.6. The summed E-state index contributed by atoms with van der Waals surface area (Å²) in [5.41, 5.74) is 4.31. The first-order valence-corrected chi connectivity index (χ1v) is 10.9. The Morgan fingerprint density at radius 3 is 2.69 bits per heavy atom. The fourth-order valence-electron chi connectivity index (χ4n) is 4.15. The lowest BCUT2D eigenvalue weighted by Crippen LogP contribution is -2.23. The van der Waals surface area contributed by atoms with Gasteiger partial charge >= 0.3 is 0 Å². The van der Waals surface area contributed by atoms with Crippen molar-refractivity contribution in [3.8, 4) is 5.75 Å². The molecule has 0 unspecified atom stereocenters. The molecule has 0 spiro atoms. The minimum atomic E-state index is -0.243. The predicted octanol–water partition coefficient (Wildman–Crippen LogP) is 5.18. The van der Waals surface area contributed by atoms with Gasteiger partial charge in [0.05, 0.1) is 35.0 Å². The Kier molecular flexibility index (Phi) is 4.65. The number of aromatic nitrogens is 4. The van der Waals surface area contributed by atoms with Crippen molar-refractivity contribution in [2.45, 2.75) is 52.0 Å². The number of hydrogen-bond donors (Lipinski definition) is 1. The molecule has 5 rings (SSSR count). The van der Waals surface area contributed by atoms with Crippen LogP contribution in [-0.2, 0) is 5.54 Å². The average molecular weight is 430 g/mol. The molecule has 1 fully saturated rings. The van der Waals surface area contributed by atoms with E-state index in [9.17, 15) is 4.79 Å². The molecule has 1 N–H and O–H groups in total. The molecule has 4 aromatic rings. The van der Waals surface area contributed by atoms with Gasteiger partial charge in [-0.1, -0.05) is 0 Å². The summed E-state index contributed by atoms with van der Waals surface area (Å²) in [6, 6.07) is 9.41. The molecule has 0 radical (unpaired) electrons. The maximum Gasteiger partial charge on any atom is 0.256 e. The zero-order valence-electron chi connectivity index (χ0n) is 19.1. The standard InChI is InChI=1S/C25H27N5O2/c1-14-21-17(13-19(15-8-9-15)27-23(21)30(29-14)25(2,3)4)24(31)28-18-10-11-20(32-5)22-16(18)7-6-12-26-22/h6-7,10-13,15H,8-9H2,1-5H3,(H,28,31). The second kappa shape index (κ2) is 7.29. The Morgan fingerprint density at radius 2 is 2.00 bits per heavy atom. The highest BCUT2D eigenvalue weighted by atomic mass is 16.5. The van der Waals surface area contributed by atoms with Gasteiger partial charge in [-0.3, -0.25) is 9.78 Å². The lowest BCUT2D eigenvalue weighted by molar-refractivity contribution is 0.102. The molecule has 7 nitrogen and oxygen atoms in total.